The second-order valence-electron chi connectivity index (χ2n) is 8.56. The Hall–Kier alpha value is -2.81. The number of hydrogen-bond acceptors (Lipinski definition) is 5. The van der Waals surface area contributed by atoms with Gasteiger partial charge in [-0.15, -0.1) is 0 Å². The van der Waals surface area contributed by atoms with E-state index < -0.39 is 58.4 Å². The molecule has 4 atom stereocenters. The lowest BCUT2D eigenvalue weighted by Gasteiger charge is -2.34. The summed E-state index contributed by atoms with van der Waals surface area (Å²) in [6.45, 7) is 5.15. The number of nitrogens with two attached hydrogens (primary N) is 1. The van der Waals surface area contributed by atoms with Crippen molar-refractivity contribution in [2.45, 2.75) is 44.3 Å². The molecule has 2 fully saturated rings. The van der Waals surface area contributed by atoms with Crippen molar-refractivity contribution in [1.82, 2.24) is 10.2 Å². The normalized spacial score (nSPS) is 31.4. The Morgan fingerprint density at radius 1 is 1.25 bits per heavy atom. The third-order valence-electron chi connectivity index (χ3n) is 5.77. The Morgan fingerprint density at radius 2 is 1.93 bits per heavy atom. The summed E-state index contributed by atoms with van der Waals surface area (Å²) in [6.07, 6.45) is -0.224. The minimum absolute atomic E-state index is 0.224. The molecule has 0 radical (unpaired) electrons. The lowest BCUT2D eigenvalue weighted by Crippen LogP contribution is -2.56. The second kappa shape index (κ2) is 5.60. The molecule has 1 spiro atoms. The van der Waals surface area contributed by atoms with E-state index in [-0.39, 0.29) is 12.0 Å². The summed E-state index contributed by atoms with van der Waals surface area (Å²) in [7, 11) is 0. The number of amides is 4. The summed E-state index contributed by atoms with van der Waals surface area (Å²) in [5.74, 6) is -4.81. The molecule has 9 heteroatoms. The molecule has 4 N–H and O–H groups in total. The van der Waals surface area contributed by atoms with Gasteiger partial charge >= 0.3 is 0 Å². The highest BCUT2D eigenvalue weighted by Crippen LogP contribution is 2.54. The van der Waals surface area contributed by atoms with Gasteiger partial charge in [0, 0.05) is 29.3 Å². The van der Waals surface area contributed by atoms with Crippen LogP contribution in [0.15, 0.2) is 18.2 Å². The van der Waals surface area contributed by atoms with Gasteiger partial charge in [-0.3, -0.25) is 29.4 Å². The maximum atomic E-state index is 14.0. The fraction of sp³-hybridized carbons (Fsp3) is 0.474. The Kier molecular flexibility index (Phi) is 3.71. The molecule has 0 aromatic heterocycles. The van der Waals surface area contributed by atoms with Crippen molar-refractivity contribution in [2.24, 2.45) is 17.6 Å². The van der Waals surface area contributed by atoms with Crippen molar-refractivity contribution in [3.63, 3.8) is 0 Å². The molecule has 8 nitrogen and oxygen atoms in total. The van der Waals surface area contributed by atoms with Crippen LogP contribution in [0.3, 0.4) is 0 Å². The average molecular weight is 388 g/mol. The number of likely N-dealkylation sites (tertiary alicyclic amines) is 1. The van der Waals surface area contributed by atoms with E-state index in [0.29, 0.717) is 5.69 Å². The summed E-state index contributed by atoms with van der Waals surface area (Å²) < 4.78 is 14.0. The van der Waals surface area contributed by atoms with Crippen molar-refractivity contribution < 1.29 is 23.6 Å². The van der Waals surface area contributed by atoms with Gasteiger partial charge in [-0.1, -0.05) is 0 Å². The van der Waals surface area contributed by atoms with Crippen molar-refractivity contribution in [3.8, 4) is 0 Å². The van der Waals surface area contributed by atoms with Gasteiger partial charge in [-0.2, -0.15) is 0 Å². The molecule has 4 amide bonds. The van der Waals surface area contributed by atoms with E-state index in [1.807, 2.05) is 0 Å². The topological polar surface area (TPSA) is 122 Å². The first-order valence-electron chi connectivity index (χ1n) is 9.04. The monoisotopic (exact) mass is 388 g/mol. The Morgan fingerprint density at radius 3 is 2.54 bits per heavy atom. The highest BCUT2D eigenvalue weighted by Gasteiger charge is 2.71. The zero-order valence-corrected chi connectivity index (χ0v) is 15.7. The molecule has 0 unspecified atom stereocenters. The van der Waals surface area contributed by atoms with Crippen LogP contribution in [0, 0.1) is 17.7 Å². The second-order valence-corrected chi connectivity index (χ2v) is 8.56. The van der Waals surface area contributed by atoms with E-state index in [4.69, 9.17) is 5.73 Å². The molecule has 3 aliphatic heterocycles. The molecule has 0 bridgehead atoms. The minimum Gasteiger partial charge on any atom is -0.370 e. The van der Waals surface area contributed by atoms with Crippen molar-refractivity contribution >= 4 is 29.3 Å². The van der Waals surface area contributed by atoms with Gasteiger partial charge in [0.05, 0.1) is 11.8 Å². The predicted molar refractivity (Wildman–Crippen MR) is 96.0 cm³/mol. The van der Waals surface area contributed by atoms with Gasteiger partial charge in [0.1, 0.15) is 11.4 Å². The van der Waals surface area contributed by atoms with E-state index in [1.54, 1.807) is 20.8 Å². The maximum absolute atomic E-state index is 14.0. The number of carbonyl (C=O) groups is 4. The predicted octanol–water partition coefficient (Wildman–Crippen LogP) is 0.220. The largest absolute Gasteiger partial charge is 0.370 e. The van der Waals surface area contributed by atoms with Crippen LogP contribution in [0.2, 0.25) is 0 Å². The van der Waals surface area contributed by atoms with Crippen LogP contribution >= 0.6 is 0 Å². The number of halogens is 1. The summed E-state index contributed by atoms with van der Waals surface area (Å²) in [5.41, 5.74) is 3.54. The van der Waals surface area contributed by atoms with Crippen molar-refractivity contribution in [3.05, 3.63) is 29.6 Å². The molecule has 28 heavy (non-hydrogen) atoms. The van der Waals surface area contributed by atoms with Gasteiger partial charge in [-0.25, -0.2) is 4.39 Å². The van der Waals surface area contributed by atoms with E-state index in [9.17, 15) is 23.6 Å². The molecule has 3 aliphatic rings. The van der Waals surface area contributed by atoms with Crippen molar-refractivity contribution in [1.29, 1.82) is 0 Å². The quantitative estimate of drug-likeness (QED) is 0.626. The molecule has 1 aromatic rings. The fourth-order valence-electron chi connectivity index (χ4n) is 4.83. The van der Waals surface area contributed by atoms with E-state index >= 15 is 0 Å². The van der Waals surface area contributed by atoms with Crippen LogP contribution in [0.5, 0.6) is 0 Å². The van der Waals surface area contributed by atoms with Crippen molar-refractivity contribution in [2.75, 3.05) is 5.32 Å². The standard InChI is InChI=1S/C19H21FN4O4/c1-18(2,3)24-15(26)13-11(7-12(21)25)23-19(14(13)16(24)27)9-6-8(20)4-5-10(9)22-17(19)28/h4-6,11,13-14,23H,7H2,1-3H3,(H2,21,25)(H,22,28)/t11-,13-,14+,19-/m1/s1. The number of primary amides is 1. The van der Waals surface area contributed by atoms with Crippen LogP contribution in [0.1, 0.15) is 32.8 Å². The van der Waals surface area contributed by atoms with E-state index in [2.05, 4.69) is 10.6 Å². The number of fused-ring (bicyclic) bond motifs is 4. The zero-order chi connectivity index (χ0) is 20.6. The zero-order valence-electron chi connectivity index (χ0n) is 15.7. The summed E-state index contributed by atoms with van der Waals surface area (Å²) in [5, 5.41) is 5.68. The number of hydrogen-bond donors (Lipinski definition) is 3. The minimum atomic E-state index is -1.63. The van der Waals surface area contributed by atoms with Crippen LogP contribution in [-0.2, 0) is 24.7 Å². The Bertz CT molecular complexity index is 940. The SMILES string of the molecule is CC(C)(C)N1C(=O)[C@H]2[C@@H](C1=O)[C@@]1(N[C@@H]2CC(N)=O)C(=O)Nc2ccc(F)cc21. The van der Waals surface area contributed by atoms with Gasteiger partial charge in [0.25, 0.3) is 0 Å². The molecule has 2 saturated heterocycles. The first-order chi connectivity index (χ1) is 13.0. The number of anilines is 1. The third kappa shape index (κ3) is 2.25. The van der Waals surface area contributed by atoms with Gasteiger partial charge in [-0.05, 0) is 39.0 Å². The molecule has 0 aliphatic carbocycles. The lowest BCUT2D eigenvalue weighted by atomic mass is 9.76. The number of benzene rings is 1. The number of imide groups is 1. The third-order valence-corrected chi connectivity index (χ3v) is 5.77. The number of carbonyl (C=O) groups excluding carboxylic acids is 4. The highest BCUT2D eigenvalue weighted by atomic mass is 19.1. The summed E-state index contributed by atoms with van der Waals surface area (Å²) >= 11 is 0. The lowest BCUT2D eigenvalue weighted by molar-refractivity contribution is -0.147. The Labute approximate surface area is 160 Å². The highest BCUT2D eigenvalue weighted by molar-refractivity contribution is 6.15. The number of rotatable bonds is 2. The fourth-order valence-corrected chi connectivity index (χ4v) is 4.83. The van der Waals surface area contributed by atoms with Crippen LogP contribution in [0.25, 0.3) is 0 Å². The molecule has 0 saturated carbocycles. The number of nitrogens with one attached hydrogen (secondary N) is 2. The van der Waals surface area contributed by atoms with Gasteiger partial charge in [0.15, 0.2) is 0 Å². The van der Waals surface area contributed by atoms with Gasteiger partial charge < -0.3 is 11.1 Å². The smallest absolute Gasteiger partial charge is 0.250 e. The number of nitrogens with zero attached hydrogens (tertiary/aromatic N) is 1. The molecule has 148 valence electrons. The van der Waals surface area contributed by atoms with Crippen LogP contribution < -0.4 is 16.4 Å². The van der Waals surface area contributed by atoms with Crippen LogP contribution in [0.4, 0.5) is 10.1 Å². The Balaban J connectivity index is 1.92. The molecular weight excluding hydrogens is 367 g/mol. The summed E-state index contributed by atoms with van der Waals surface area (Å²) in [6, 6.07) is 2.99. The molecular formula is C19H21FN4O4. The summed E-state index contributed by atoms with van der Waals surface area (Å²) in [4.78, 5) is 52.3. The average Bonchev–Trinajstić information content (AvgIpc) is 3.12. The first-order valence-corrected chi connectivity index (χ1v) is 9.04. The molecule has 1 aromatic carbocycles. The molecule has 4 rings (SSSR count). The molecule has 3 heterocycles. The van der Waals surface area contributed by atoms with E-state index in [0.717, 1.165) is 4.90 Å². The van der Waals surface area contributed by atoms with Gasteiger partial charge in [0.2, 0.25) is 23.6 Å². The van der Waals surface area contributed by atoms with E-state index in [1.165, 1.54) is 18.2 Å². The van der Waals surface area contributed by atoms with Crippen LogP contribution in [-0.4, -0.2) is 40.1 Å². The first kappa shape index (κ1) is 18.5. The maximum Gasteiger partial charge on any atom is 0.250 e.